The molecule has 1 amide bonds. The number of methoxy groups -OCH3 is 2. The Balaban J connectivity index is 1.77. The minimum atomic E-state index is -0.760. The fraction of sp³-hybridized carbons (Fsp3) is 0.360. The number of nitrogens with zero attached hydrogens (tertiary/aromatic N) is 2. The lowest BCUT2D eigenvalue weighted by molar-refractivity contribution is -0.140. The summed E-state index contributed by atoms with van der Waals surface area (Å²) in [4.78, 5) is 30.1. The van der Waals surface area contributed by atoms with Crippen molar-refractivity contribution in [1.82, 2.24) is 9.80 Å². The zero-order valence-corrected chi connectivity index (χ0v) is 20.7. The van der Waals surface area contributed by atoms with E-state index in [0.717, 1.165) is 17.6 Å². The number of ether oxygens (including phenoxy) is 3. The van der Waals surface area contributed by atoms with Crippen LogP contribution in [0.15, 0.2) is 52.5 Å². The monoisotopic (exact) mass is 530 g/mol. The summed E-state index contributed by atoms with van der Waals surface area (Å²) in [6.07, 6.45) is 0. The van der Waals surface area contributed by atoms with E-state index in [-0.39, 0.29) is 11.3 Å². The van der Waals surface area contributed by atoms with Crippen molar-refractivity contribution in [3.8, 4) is 11.5 Å². The Morgan fingerprint density at radius 1 is 1.03 bits per heavy atom. The minimum Gasteiger partial charge on any atom is -0.507 e. The molecule has 0 aliphatic carbocycles. The summed E-state index contributed by atoms with van der Waals surface area (Å²) in [6, 6.07) is 11.4. The quantitative estimate of drug-likeness (QED) is 0.334. The van der Waals surface area contributed by atoms with Gasteiger partial charge in [-0.25, -0.2) is 0 Å². The highest BCUT2D eigenvalue weighted by atomic mass is 79.9. The first kappa shape index (κ1) is 24.3. The Morgan fingerprint density at radius 3 is 2.35 bits per heavy atom. The highest BCUT2D eigenvalue weighted by molar-refractivity contribution is 9.10. The van der Waals surface area contributed by atoms with Gasteiger partial charge in [0, 0.05) is 36.2 Å². The van der Waals surface area contributed by atoms with Gasteiger partial charge in [0.25, 0.3) is 11.7 Å². The number of ketones is 1. The standard InChI is InChI=1S/C25H27BrN2O6/c1-32-19-8-5-17(15-20(19)33-2)22-21(23(29)16-3-6-18(26)7-4-16)24(30)25(31)28(22)10-9-27-11-13-34-14-12-27/h3-8,15,22,29H,9-14H2,1-2H3/t22-/m1/s1. The molecule has 180 valence electrons. The van der Waals surface area contributed by atoms with Crippen LogP contribution in [0.25, 0.3) is 5.76 Å². The number of aliphatic hydroxyl groups is 1. The number of Topliss-reactive ketones (excluding diaryl/α,β-unsaturated/α-hetero) is 1. The third-order valence-electron chi connectivity index (χ3n) is 6.14. The van der Waals surface area contributed by atoms with Crippen LogP contribution in [0.1, 0.15) is 17.2 Å². The summed E-state index contributed by atoms with van der Waals surface area (Å²) < 4.78 is 17.0. The SMILES string of the molecule is COc1ccc([C@@H]2C(=C(O)c3ccc(Br)cc3)C(=O)C(=O)N2CCN2CCOCC2)cc1OC. The van der Waals surface area contributed by atoms with Gasteiger partial charge in [0.2, 0.25) is 0 Å². The molecule has 0 radical (unpaired) electrons. The van der Waals surface area contributed by atoms with Gasteiger partial charge in [-0.2, -0.15) is 0 Å². The number of benzene rings is 2. The van der Waals surface area contributed by atoms with Crippen molar-refractivity contribution in [3.05, 3.63) is 63.6 Å². The fourth-order valence-corrected chi connectivity index (χ4v) is 4.58. The maximum atomic E-state index is 13.2. The fourth-order valence-electron chi connectivity index (χ4n) is 4.32. The number of hydrogen-bond acceptors (Lipinski definition) is 7. The van der Waals surface area contributed by atoms with Crippen LogP contribution < -0.4 is 9.47 Å². The molecule has 9 heteroatoms. The van der Waals surface area contributed by atoms with E-state index in [1.54, 1.807) is 49.6 Å². The topological polar surface area (TPSA) is 88.5 Å². The lowest BCUT2D eigenvalue weighted by Gasteiger charge is -2.31. The van der Waals surface area contributed by atoms with E-state index in [1.165, 1.54) is 12.0 Å². The summed E-state index contributed by atoms with van der Waals surface area (Å²) >= 11 is 3.38. The maximum absolute atomic E-state index is 13.2. The molecule has 0 spiro atoms. The number of carbonyl (C=O) groups is 2. The smallest absolute Gasteiger partial charge is 0.295 e. The van der Waals surface area contributed by atoms with Crippen molar-refractivity contribution < 1.29 is 28.9 Å². The number of amides is 1. The second-order valence-corrected chi connectivity index (χ2v) is 8.98. The number of morpholine rings is 1. The Kier molecular flexibility index (Phi) is 7.55. The molecule has 2 saturated heterocycles. The average Bonchev–Trinajstić information content (AvgIpc) is 3.12. The lowest BCUT2D eigenvalue weighted by Crippen LogP contribution is -2.42. The lowest BCUT2D eigenvalue weighted by atomic mass is 9.95. The van der Waals surface area contributed by atoms with Crippen molar-refractivity contribution in [1.29, 1.82) is 0 Å². The number of rotatable bonds is 7. The summed E-state index contributed by atoms with van der Waals surface area (Å²) in [5, 5.41) is 11.2. The molecule has 1 N–H and O–H groups in total. The minimum absolute atomic E-state index is 0.0570. The van der Waals surface area contributed by atoms with Crippen molar-refractivity contribution in [2.45, 2.75) is 6.04 Å². The molecule has 4 rings (SSSR count). The highest BCUT2D eigenvalue weighted by Gasteiger charge is 2.46. The molecular formula is C25H27BrN2O6. The molecule has 2 aliphatic rings. The van der Waals surface area contributed by atoms with Crippen LogP contribution in [-0.2, 0) is 14.3 Å². The molecular weight excluding hydrogens is 504 g/mol. The van der Waals surface area contributed by atoms with E-state index in [4.69, 9.17) is 14.2 Å². The number of halogens is 1. The Bertz CT molecular complexity index is 1100. The van der Waals surface area contributed by atoms with E-state index in [2.05, 4.69) is 20.8 Å². The van der Waals surface area contributed by atoms with Crippen LogP contribution in [0.4, 0.5) is 0 Å². The van der Waals surface area contributed by atoms with E-state index in [9.17, 15) is 14.7 Å². The maximum Gasteiger partial charge on any atom is 0.295 e. The molecule has 1 atom stereocenters. The van der Waals surface area contributed by atoms with Gasteiger partial charge >= 0.3 is 0 Å². The third kappa shape index (κ3) is 4.82. The molecule has 34 heavy (non-hydrogen) atoms. The molecule has 0 saturated carbocycles. The van der Waals surface area contributed by atoms with Crippen molar-refractivity contribution >= 4 is 33.4 Å². The van der Waals surface area contributed by atoms with Gasteiger partial charge in [0.1, 0.15) is 5.76 Å². The molecule has 2 fully saturated rings. The van der Waals surface area contributed by atoms with Gasteiger partial charge in [0.15, 0.2) is 11.5 Å². The highest BCUT2D eigenvalue weighted by Crippen LogP contribution is 2.42. The zero-order chi connectivity index (χ0) is 24.2. The molecule has 0 unspecified atom stereocenters. The van der Waals surface area contributed by atoms with Gasteiger partial charge in [-0.3, -0.25) is 14.5 Å². The first-order valence-electron chi connectivity index (χ1n) is 11.0. The van der Waals surface area contributed by atoms with Crippen molar-refractivity contribution in [2.75, 3.05) is 53.6 Å². The van der Waals surface area contributed by atoms with Gasteiger partial charge in [-0.05, 0) is 29.8 Å². The van der Waals surface area contributed by atoms with Gasteiger partial charge in [-0.15, -0.1) is 0 Å². The second-order valence-electron chi connectivity index (χ2n) is 8.07. The van der Waals surface area contributed by atoms with Gasteiger partial charge in [-0.1, -0.05) is 34.1 Å². The first-order valence-corrected chi connectivity index (χ1v) is 11.8. The summed E-state index contributed by atoms with van der Waals surface area (Å²) in [7, 11) is 3.07. The van der Waals surface area contributed by atoms with Gasteiger partial charge in [0.05, 0.1) is 39.0 Å². The number of carbonyl (C=O) groups excluding carboxylic acids is 2. The number of hydrogen-bond donors (Lipinski definition) is 1. The molecule has 2 aromatic rings. The normalized spacial score (nSPS) is 20.6. The zero-order valence-electron chi connectivity index (χ0n) is 19.1. The molecule has 0 aromatic heterocycles. The van der Waals surface area contributed by atoms with Crippen LogP contribution in [0.5, 0.6) is 11.5 Å². The van der Waals surface area contributed by atoms with Crippen LogP contribution in [0.2, 0.25) is 0 Å². The van der Waals surface area contributed by atoms with E-state index in [0.29, 0.717) is 48.9 Å². The van der Waals surface area contributed by atoms with Crippen molar-refractivity contribution in [3.63, 3.8) is 0 Å². The van der Waals surface area contributed by atoms with E-state index < -0.39 is 17.7 Å². The Labute approximate surface area is 206 Å². The second kappa shape index (κ2) is 10.6. The predicted molar refractivity (Wildman–Crippen MR) is 130 cm³/mol. The summed E-state index contributed by atoms with van der Waals surface area (Å²) in [6.45, 7) is 3.75. The third-order valence-corrected chi connectivity index (χ3v) is 6.67. The number of likely N-dealkylation sites (tertiary alicyclic amines) is 1. The van der Waals surface area contributed by atoms with Gasteiger partial charge < -0.3 is 24.2 Å². The summed E-state index contributed by atoms with van der Waals surface area (Å²) in [5.41, 5.74) is 1.17. The molecule has 2 heterocycles. The van der Waals surface area contributed by atoms with Crippen molar-refractivity contribution in [2.24, 2.45) is 0 Å². The molecule has 0 bridgehead atoms. The predicted octanol–water partition coefficient (Wildman–Crippen LogP) is 3.22. The first-order chi connectivity index (χ1) is 16.4. The van der Waals surface area contributed by atoms with Crippen LogP contribution in [0.3, 0.4) is 0 Å². The van der Waals surface area contributed by atoms with Crippen LogP contribution >= 0.6 is 15.9 Å². The van der Waals surface area contributed by atoms with E-state index in [1.807, 2.05) is 0 Å². The van der Waals surface area contributed by atoms with E-state index >= 15 is 0 Å². The number of aliphatic hydroxyl groups excluding tert-OH is 1. The van der Waals surface area contributed by atoms with Crippen LogP contribution in [0, 0.1) is 0 Å². The largest absolute Gasteiger partial charge is 0.507 e. The average molecular weight is 531 g/mol. The molecule has 2 aromatic carbocycles. The Morgan fingerprint density at radius 2 is 1.71 bits per heavy atom. The van der Waals surface area contributed by atoms with Crippen LogP contribution in [-0.4, -0.2) is 80.2 Å². The Hall–Kier alpha value is -2.88. The molecule has 2 aliphatic heterocycles. The summed E-state index contributed by atoms with van der Waals surface area (Å²) in [5.74, 6) is -0.541. The molecule has 8 nitrogen and oxygen atoms in total.